The number of nitro groups is 1. The van der Waals surface area contributed by atoms with E-state index in [1.165, 1.54) is 24.3 Å². The Balaban J connectivity index is 1.95. The van der Waals surface area contributed by atoms with Gasteiger partial charge in [-0.2, -0.15) is 0 Å². The lowest BCUT2D eigenvalue weighted by molar-refractivity contribution is -0.384. The van der Waals surface area contributed by atoms with Gasteiger partial charge in [0.15, 0.2) is 0 Å². The van der Waals surface area contributed by atoms with Gasteiger partial charge in [0.25, 0.3) is 5.69 Å². The van der Waals surface area contributed by atoms with Gasteiger partial charge in [-0.1, -0.05) is 24.3 Å². The van der Waals surface area contributed by atoms with Crippen LogP contribution in [0.3, 0.4) is 0 Å². The highest BCUT2D eigenvalue weighted by molar-refractivity contribution is 6.58. The fourth-order valence-electron chi connectivity index (χ4n) is 2.07. The normalized spacial score (nSPS) is 11.6. The second kappa shape index (κ2) is 7.69. The number of anilines is 1. The minimum Gasteiger partial charge on any atom is -0.423 e. The van der Waals surface area contributed by atoms with Crippen LogP contribution in [0.1, 0.15) is 5.56 Å². The minimum absolute atomic E-state index is 0.0662. The number of amides is 1. The summed E-state index contributed by atoms with van der Waals surface area (Å²) >= 11 is 0. The van der Waals surface area contributed by atoms with Crippen LogP contribution in [0.4, 0.5) is 11.4 Å². The molecule has 0 radical (unpaired) electrons. The van der Waals surface area contributed by atoms with E-state index in [1.54, 1.807) is 24.3 Å². The summed E-state index contributed by atoms with van der Waals surface area (Å²) in [5.41, 5.74) is 7.32. The van der Waals surface area contributed by atoms with Crippen LogP contribution in [0.2, 0.25) is 0 Å². The Morgan fingerprint density at radius 1 is 1.17 bits per heavy atom. The molecule has 0 saturated heterocycles. The molecule has 0 unspecified atom stereocenters. The van der Waals surface area contributed by atoms with Gasteiger partial charge >= 0.3 is 7.12 Å². The summed E-state index contributed by atoms with van der Waals surface area (Å²) in [6.07, 6.45) is 0.265. The van der Waals surface area contributed by atoms with Gasteiger partial charge in [0, 0.05) is 17.8 Å². The van der Waals surface area contributed by atoms with Crippen molar-refractivity contribution in [2.24, 2.45) is 5.73 Å². The summed E-state index contributed by atoms with van der Waals surface area (Å²) in [5.74, 6) is -0.421. The molecule has 0 aliphatic rings. The highest BCUT2D eigenvalue weighted by Gasteiger charge is 2.16. The Morgan fingerprint density at radius 2 is 1.75 bits per heavy atom. The first-order valence-electron chi connectivity index (χ1n) is 7.12. The average molecular weight is 329 g/mol. The number of hydrogen-bond donors (Lipinski definition) is 4. The van der Waals surface area contributed by atoms with E-state index in [2.05, 4.69) is 5.32 Å². The Kier molecular flexibility index (Phi) is 5.64. The first-order valence-corrected chi connectivity index (χ1v) is 7.12. The molecule has 0 aliphatic carbocycles. The molecule has 0 heterocycles. The van der Waals surface area contributed by atoms with E-state index in [-0.39, 0.29) is 12.1 Å². The molecule has 2 aromatic carbocycles. The lowest BCUT2D eigenvalue weighted by Gasteiger charge is -2.12. The average Bonchev–Trinajstić information content (AvgIpc) is 2.55. The molecule has 2 rings (SSSR count). The van der Waals surface area contributed by atoms with Crippen LogP contribution < -0.4 is 16.5 Å². The molecule has 0 saturated carbocycles. The van der Waals surface area contributed by atoms with Crippen molar-refractivity contribution in [3.05, 3.63) is 64.2 Å². The highest BCUT2D eigenvalue weighted by atomic mass is 16.6. The van der Waals surface area contributed by atoms with Crippen LogP contribution >= 0.6 is 0 Å². The number of nitrogens with two attached hydrogens (primary N) is 1. The summed E-state index contributed by atoms with van der Waals surface area (Å²) in [6, 6.07) is 11.0. The summed E-state index contributed by atoms with van der Waals surface area (Å²) in [6.45, 7) is 0. The van der Waals surface area contributed by atoms with E-state index in [0.29, 0.717) is 11.2 Å². The molecule has 0 aromatic heterocycles. The van der Waals surface area contributed by atoms with E-state index in [4.69, 9.17) is 15.8 Å². The third kappa shape index (κ3) is 4.62. The summed E-state index contributed by atoms with van der Waals surface area (Å²) in [7, 11) is -1.54. The molecule has 124 valence electrons. The molecule has 0 spiro atoms. The zero-order valence-electron chi connectivity index (χ0n) is 12.6. The van der Waals surface area contributed by atoms with Crippen molar-refractivity contribution in [3.8, 4) is 0 Å². The van der Waals surface area contributed by atoms with Crippen LogP contribution in [-0.4, -0.2) is 34.0 Å². The van der Waals surface area contributed by atoms with Gasteiger partial charge < -0.3 is 21.1 Å². The van der Waals surface area contributed by atoms with Crippen molar-refractivity contribution in [2.75, 3.05) is 5.32 Å². The van der Waals surface area contributed by atoms with Crippen molar-refractivity contribution in [3.63, 3.8) is 0 Å². The molecule has 0 bridgehead atoms. The summed E-state index contributed by atoms with van der Waals surface area (Å²) in [5, 5.41) is 31.2. The van der Waals surface area contributed by atoms with Crippen molar-refractivity contribution in [1.29, 1.82) is 0 Å². The smallest absolute Gasteiger partial charge is 0.423 e. The number of nitrogens with one attached hydrogen (secondary N) is 1. The van der Waals surface area contributed by atoms with Crippen molar-refractivity contribution in [2.45, 2.75) is 12.5 Å². The van der Waals surface area contributed by atoms with E-state index in [1.807, 2.05) is 0 Å². The predicted octanol–water partition coefficient (Wildman–Crippen LogP) is -0.217. The lowest BCUT2D eigenvalue weighted by Crippen LogP contribution is -2.37. The number of nitro benzene ring substituents is 1. The van der Waals surface area contributed by atoms with Gasteiger partial charge in [0.1, 0.15) is 0 Å². The maximum Gasteiger partial charge on any atom is 0.488 e. The number of carbonyl (C=O) groups excluding carboxylic acids is 1. The highest BCUT2D eigenvalue weighted by Crippen LogP contribution is 2.15. The van der Waals surface area contributed by atoms with E-state index < -0.39 is 24.0 Å². The first-order chi connectivity index (χ1) is 11.4. The second-order valence-corrected chi connectivity index (χ2v) is 5.22. The van der Waals surface area contributed by atoms with Crippen molar-refractivity contribution >= 4 is 29.9 Å². The summed E-state index contributed by atoms with van der Waals surface area (Å²) in [4.78, 5) is 22.1. The number of carbonyl (C=O) groups is 1. The lowest BCUT2D eigenvalue weighted by atomic mass is 9.80. The monoisotopic (exact) mass is 329 g/mol. The largest absolute Gasteiger partial charge is 0.488 e. The fourth-order valence-corrected chi connectivity index (χ4v) is 2.07. The Bertz CT molecular complexity index is 719. The van der Waals surface area contributed by atoms with E-state index in [9.17, 15) is 14.9 Å². The quantitative estimate of drug-likeness (QED) is 0.328. The van der Waals surface area contributed by atoms with Gasteiger partial charge in [-0.25, -0.2) is 0 Å². The molecule has 1 amide bonds. The molecule has 0 aliphatic heterocycles. The SMILES string of the molecule is N[C@@H](Cc1ccc(B(O)O)cc1)C(=O)Nc1ccc([N+](=O)[O-])cc1. The number of benzene rings is 2. The van der Waals surface area contributed by atoms with Crippen LogP contribution in [0.5, 0.6) is 0 Å². The van der Waals surface area contributed by atoms with Gasteiger partial charge in [-0.05, 0) is 29.6 Å². The maximum atomic E-state index is 12.1. The zero-order chi connectivity index (χ0) is 17.7. The number of rotatable bonds is 6. The zero-order valence-corrected chi connectivity index (χ0v) is 12.6. The number of nitrogens with zero attached hydrogens (tertiary/aromatic N) is 1. The minimum atomic E-state index is -1.54. The predicted molar refractivity (Wildman–Crippen MR) is 89.7 cm³/mol. The van der Waals surface area contributed by atoms with Crippen molar-refractivity contribution < 1.29 is 19.8 Å². The topological polar surface area (TPSA) is 139 Å². The number of non-ortho nitro benzene ring substituents is 1. The standard InChI is InChI=1S/C15H16BN3O5/c17-14(9-10-1-3-11(4-2-10)16(21)22)15(20)18-12-5-7-13(8-6-12)19(23)24/h1-8,14,21-22H,9,17H2,(H,18,20)/t14-/m0/s1. The first kappa shape index (κ1) is 17.6. The summed E-state index contributed by atoms with van der Waals surface area (Å²) < 4.78 is 0. The van der Waals surface area contributed by atoms with Gasteiger partial charge in [0.2, 0.25) is 5.91 Å². The maximum absolute atomic E-state index is 12.1. The second-order valence-electron chi connectivity index (χ2n) is 5.22. The molecule has 9 heteroatoms. The van der Waals surface area contributed by atoms with Crippen LogP contribution in [0.25, 0.3) is 0 Å². The molecule has 1 atom stereocenters. The van der Waals surface area contributed by atoms with Gasteiger partial charge in [-0.3, -0.25) is 14.9 Å². The van der Waals surface area contributed by atoms with Crippen LogP contribution in [0.15, 0.2) is 48.5 Å². The Labute approximate surface area is 138 Å². The van der Waals surface area contributed by atoms with Gasteiger partial charge in [-0.15, -0.1) is 0 Å². The fraction of sp³-hybridized carbons (Fsp3) is 0.133. The molecule has 2 aromatic rings. The molecule has 24 heavy (non-hydrogen) atoms. The third-order valence-electron chi connectivity index (χ3n) is 3.42. The third-order valence-corrected chi connectivity index (χ3v) is 3.42. The Hall–Kier alpha value is -2.75. The Morgan fingerprint density at radius 3 is 2.25 bits per heavy atom. The van der Waals surface area contributed by atoms with Crippen molar-refractivity contribution in [1.82, 2.24) is 0 Å². The molecule has 8 nitrogen and oxygen atoms in total. The van der Waals surface area contributed by atoms with Crippen LogP contribution in [-0.2, 0) is 11.2 Å². The molecule has 0 fully saturated rings. The van der Waals surface area contributed by atoms with Gasteiger partial charge in [0.05, 0.1) is 11.0 Å². The molecular formula is C15H16BN3O5. The van der Waals surface area contributed by atoms with E-state index in [0.717, 1.165) is 5.56 Å². The molecule has 5 N–H and O–H groups in total. The molecular weight excluding hydrogens is 313 g/mol. The van der Waals surface area contributed by atoms with Crippen LogP contribution in [0, 0.1) is 10.1 Å². The number of hydrogen-bond acceptors (Lipinski definition) is 6. The van der Waals surface area contributed by atoms with E-state index >= 15 is 0 Å².